The number of rotatable bonds is 5. The molecular formula is C22H27NO2. The van der Waals surface area contributed by atoms with Gasteiger partial charge in [-0.2, -0.15) is 0 Å². The monoisotopic (exact) mass is 337 g/mol. The number of carbonyl (C=O) groups is 1. The van der Waals surface area contributed by atoms with Crippen molar-refractivity contribution in [1.82, 2.24) is 4.90 Å². The van der Waals surface area contributed by atoms with E-state index in [1.54, 1.807) is 4.90 Å². The van der Waals surface area contributed by atoms with E-state index in [9.17, 15) is 4.79 Å². The molecule has 0 saturated carbocycles. The molecule has 132 valence electrons. The van der Waals surface area contributed by atoms with Crippen LogP contribution in [-0.2, 0) is 24.2 Å². The number of amides is 1. The van der Waals surface area contributed by atoms with Crippen molar-refractivity contribution in [3.63, 3.8) is 0 Å². The summed E-state index contributed by atoms with van der Waals surface area (Å²) in [4.78, 5) is 14.4. The van der Waals surface area contributed by atoms with E-state index >= 15 is 0 Å². The molecule has 0 heterocycles. The number of carbonyl (C=O) groups excluding carboxylic acids is 1. The predicted molar refractivity (Wildman–Crippen MR) is 101 cm³/mol. The lowest BCUT2D eigenvalue weighted by atomic mass is 9.91. The maximum atomic E-state index is 12.7. The Bertz CT molecular complexity index is 736. The quantitative estimate of drug-likeness (QED) is 0.814. The Hall–Kier alpha value is -2.29. The topological polar surface area (TPSA) is 29.5 Å². The Kier molecular flexibility index (Phi) is 5.42. The number of hydrogen-bond donors (Lipinski definition) is 0. The molecule has 1 aliphatic carbocycles. The van der Waals surface area contributed by atoms with Gasteiger partial charge >= 0.3 is 0 Å². The highest BCUT2D eigenvalue weighted by Crippen LogP contribution is 2.30. The van der Waals surface area contributed by atoms with Crippen LogP contribution >= 0.6 is 0 Å². The first-order valence-electron chi connectivity index (χ1n) is 9.12. The van der Waals surface area contributed by atoms with Gasteiger partial charge in [-0.1, -0.05) is 42.0 Å². The molecule has 0 bridgehead atoms. The van der Waals surface area contributed by atoms with E-state index in [0.29, 0.717) is 6.54 Å². The van der Waals surface area contributed by atoms with E-state index in [1.165, 1.54) is 29.5 Å². The van der Waals surface area contributed by atoms with Crippen molar-refractivity contribution in [2.24, 2.45) is 0 Å². The van der Waals surface area contributed by atoms with Crippen LogP contribution in [0.25, 0.3) is 0 Å². The van der Waals surface area contributed by atoms with Crippen LogP contribution in [0.15, 0.2) is 42.5 Å². The SMILES string of the molecule is Cc1ccc(CN(C)C(=O)[C@H](C)Oc2cccc3c2CCCC3)cc1. The molecule has 0 aromatic heterocycles. The summed E-state index contributed by atoms with van der Waals surface area (Å²) < 4.78 is 6.06. The van der Waals surface area contributed by atoms with E-state index in [-0.39, 0.29) is 5.91 Å². The maximum absolute atomic E-state index is 12.7. The van der Waals surface area contributed by atoms with Crippen LogP contribution in [0.1, 0.15) is 42.0 Å². The smallest absolute Gasteiger partial charge is 0.263 e. The molecule has 2 aromatic carbocycles. The number of nitrogens with zero attached hydrogens (tertiary/aromatic N) is 1. The van der Waals surface area contributed by atoms with Crippen molar-refractivity contribution in [3.05, 3.63) is 64.7 Å². The molecule has 1 atom stereocenters. The van der Waals surface area contributed by atoms with Crippen LogP contribution in [0.5, 0.6) is 5.75 Å². The summed E-state index contributed by atoms with van der Waals surface area (Å²) in [5, 5.41) is 0. The molecule has 25 heavy (non-hydrogen) atoms. The van der Waals surface area contributed by atoms with Crippen LogP contribution in [0.3, 0.4) is 0 Å². The highest BCUT2D eigenvalue weighted by Gasteiger charge is 2.22. The van der Waals surface area contributed by atoms with Gasteiger partial charge in [0.25, 0.3) is 5.91 Å². The molecule has 2 aromatic rings. The summed E-state index contributed by atoms with van der Waals surface area (Å²) in [6.07, 6.45) is 4.12. The lowest BCUT2D eigenvalue weighted by molar-refractivity contribution is -0.137. The van der Waals surface area contributed by atoms with Gasteiger partial charge in [0.05, 0.1) is 0 Å². The van der Waals surface area contributed by atoms with Gasteiger partial charge in [0.1, 0.15) is 5.75 Å². The predicted octanol–water partition coefficient (Wildman–Crippen LogP) is 4.30. The molecule has 3 rings (SSSR count). The van der Waals surface area contributed by atoms with E-state index in [4.69, 9.17) is 4.74 Å². The number of hydrogen-bond acceptors (Lipinski definition) is 2. The van der Waals surface area contributed by atoms with Crippen molar-refractivity contribution in [2.45, 2.75) is 52.2 Å². The maximum Gasteiger partial charge on any atom is 0.263 e. The summed E-state index contributed by atoms with van der Waals surface area (Å²) >= 11 is 0. The van der Waals surface area contributed by atoms with Crippen molar-refractivity contribution in [3.8, 4) is 5.75 Å². The summed E-state index contributed by atoms with van der Waals surface area (Å²) in [5.74, 6) is 0.885. The summed E-state index contributed by atoms with van der Waals surface area (Å²) in [7, 11) is 1.84. The molecule has 0 spiro atoms. The first-order chi connectivity index (χ1) is 12.0. The van der Waals surface area contributed by atoms with Gasteiger partial charge in [0.15, 0.2) is 6.10 Å². The number of benzene rings is 2. The molecule has 0 N–H and O–H groups in total. The first kappa shape index (κ1) is 17.5. The van der Waals surface area contributed by atoms with Crippen LogP contribution < -0.4 is 4.74 Å². The second kappa shape index (κ2) is 7.73. The van der Waals surface area contributed by atoms with Crippen LogP contribution in [-0.4, -0.2) is 24.0 Å². The Labute approximate surface area is 150 Å². The second-order valence-corrected chi connectivity index (χ2v) is 7.04. The Morgan fingerprint density at radius 3 is 2.60 bits per heavy atom. The lowest BCUT2D eigenvalue weighted by Gasteiger charge is -2.25. The van der Waals surface area contributed by atoms with Crippen LogP contribution in [0, 0.1) is 6.92 Å². The fourth-order valence-corrected chi connectivity index (χ4v) is 3.45. The molecular weight excluding hydrogens is 310 g/mol. The van der Waals surface area contributed by atoms with Gasteiger partial charge in [-0.3, -0.25) is 4.79 Å². The lowest BCUT2D eigenvalue weighted by Crippen LogP contribution is -2.37. The van der Waals surface area contributed by atoms with Gasteiger partial charge in [-0.25, -0.2) is 0 Å². The Morgan fingerprint density at radius 2 is 1.84 bits per heavy atom. The molecule has 0 radical (unpaired) electrons. The fraction of sp³-hybridized carbons (Fsp3) is 0.409. The zero-order valence-electron chi connectivity index (χ0n) is 15.4. The second-order valence-electron chi connectivity index (χ2n) is 7.04. The molecule has 0 saturated heterocycles. The molecule has 0 unspecified atom stereocenters. The minimum absolute atomic E-state index is 0.00832. The number of likely N-dealkylation sites (N-methyl/N-ethyl adjacent to an activating group) is 1. The highest BCUT2D eigenvalue weighted by atomic mass is 16.5. The van der Waals surface area contributed by atoms with Crippen molar-refractivity contribution in [2.75, 3.05) is 7.05 Å². The molecule has 3 heteroatoms. The summed E-state index contributed by atoms with van der Waals surface area (Å²) in [6.45, 7) is 4.50. The number of aryl methyl sites for hydroxylation is 2. The normalized spacial score (nSPS) is 14.5. The third-order valence-electron chi connectivity index (χ3n) is 4.92. The zero-order chi connectivity index (χ0) is 17.8. The third kappa shape index (κ3) is 4.22. The minimum Gasteiger partial charge on any atom is -0.481 e. The van der Waals surface area contributed by atoms with Crippen molar-refractivity contribution < 1.29 is 9.53 Å². The van der Waals surface area contributed by atoms with Gasteiger partial charge in [-0.05, 0) is 62.3 Å². The van der Waals surface area contributed by atoms with E-state index in [0.717, 1.165) is 24.2 Å². The molecule has 3 nitrogen and oxygen atoms in total. The minimum atomic E-state index is -0.483. The van der Waals surface area contributed by atoms with Crippen molar-refractivity contribution in [1.29, 1.82) is 0 Å². The van der Waals surface area contributed by atoms with Gasteiger partial charge in [0, 0.05) is 13.6 Å². The van der Waals surface area contributed by atoms with Gasteiger partial charge < -0.3 is 9.64 Å². The summed E-state index contributed by atoms with van der Waals surface area (Å²) in [5.41, 5.74) is 5.01. The molecule has 0 aliphatic heterocycles. The number of ether oxygens (including phenoxy) is 1. The van der Waals surface area contributed by atoms with Gasteiger partial charge in [-0.15, -0.1) is 0 Å². The molecule has 1 aliphatic rings. The zero-order valence-corrected chi connectivity index (χ0v) is 15.4. The average molecular weight is 337 g/mol. The molecule has 0 fully saturated rings. The van der Waals surface area contributed by atoms with Gasteiger partial charge in [0.2, 0.25) is 0 Å². The fourth-order valence-electron chi connectivity index (χ4n) is 3.45. The first-order valence-corrected chi connectivity index (χ1v) is 9.12. The van der Waals surface area contributed by atoms with E-state index in [2.05, 4.69) is 37.3 Å². The third-order valence-corrected chi connectivity index (χ3v) is 4.92. The average Bonchev–Trinajstić information content (AvgIpc) is 2.63. The van der Waals surface area contributed by atoms with E-state index < -0.39 is 6.10 Å². The standard InChI is InChI=1S/C22H27NO2/c1-16-11-13-18(14-12-16)15-23(3)22(24)17(2)25-21-10-6-8-19-7-4-5-9-20(19)21/h6,8,10-14,17H,4-5,7,9,15H2,1-3H3/t17-/m0/s1. The van der Waals surface area contributed by atoms with Crippen LogP contribution in [0.4, 0.5) is 0 Å². The van der Waals surface area contributed by atoms with Crippen molar-refractivity contribution >= 4 is 5.91 Å². The molecule has 1 amide bonds. The summed E-state index contributed by atoms with van der Waals surface area (Å²) in [6, 6.07) is 14.5. The Morgan fingerprint density at radius 1 is 1.12 bits per heavy atom. The Balaban J connectivity index is 1.65. The van der Waals surface area contributed by atoms with E-state index in [1.807, 2.05) is 26.1 Å². The van der Waals surface area contributed by atoms with Crippen LogP contribution in [0.2, 0.25) is 0 Å². The number of fused-ring (bicyclic) bond motifs is 1. The highest BCUT2D eigenvalue weighted by molar-refractivity contribution is 5.80. The largest absolute Gasteiger partial charge is 0.481 e.